The second kappa shape index (κ2) is 3.41. The van der Waals surface area contributed by atoms with Gasteiger partial charge in [0.05, 0.1) is 5.69 Å². The number of urea groups is 1. The third-order valence-electron chi connectivity index (χ3n) is 3.58. The molecule has 0 unspecified atom stereocenters. The first-order chi connectivity index (χ1) is 8.56. The Bertz CT molecular complexity index is 575. The molecule has 1 saturated heterocycles. The van der Waals surface area contributed by atoms with Crippen LogP contribution in [-0.2, 0) is 9.59 Å². The lowest BCUT2D eigenvalue weighted by Crippen LogP contribution is -2.59. The summed E-state index contributed by atoms with van der Waals surface area (Å²) in [6.07, 6.45) is 1.04. The molecule has 92 valence electrons. The topological polar surface area (TPSA) is 66.5 Å². The van der Waals surface area contributed by atoms with E-state index in [1.807, 2.05) is 19.1 Å². The standard InChI is InChI=1S/C13H12N2O3/c1-8-4-2-3-5-9(8)15-11(17)13(6-7-13)10(16)14-12(15)18/h2-5H,6-7H2,1H3,(H,14,16,18). The van der Waals surface area contributed by atoms with Gasteiger partial charge in [-0.1, -0.05) is 18.2 Å². The molecule has 4 amide bonds. The summed E-state index contributed by atoms with van der Waals surface area (Å²) in [7, 11) is 0. The third kappa shape index (κ3) is 1.30. The van der Waals surface area contributed by atoms with E-state index in [4.69, 9.17) is 0 Å². The molecular formula is C13H12N2O3. The Morgan fingerprint density at radius 3 is 2.44 bits per heavy atom. The number of benzene rings is 1. The summed E-state index contributed by atoms with van der Waals surface area (Å²) in [5, 5.41) is 2.27. The number of aryl methyl sites for hydroxylation is 1. The Morgan fingerprint density at radius 2 is 1.83 bits per heavy atom. The first-order valence-electron chi connectivity index (χ1n) is 5.82. The van der Waals surface area contributed by atoms with Crippen LogP contribution in [0, 0.1) is 12.3 Å². The molecule has 1 aliphatic carbocycles. The van der Waals surface area contributed by atoms with E-state index in [0.29, 0.717) is 18.5 Å². The third-order valence-corrected chi connectivity index (χ3v) is 3.58. The van der Waals surface area contributed by atoms with E-state index < -0.39 is 23.3 Å². The van der Waals surface area contributed by atoms with Crippen LogP contribution in [-0.4, -0.2) is 17.8 Å². The number of carbonyl (C=O) groups excluding carboxylic acids is 3. The zero-order valence-corrected chi connectivity index (χ0v) is 9.90. The monoisotopic (exact) mass is 244 g/mol. The molecule has 1 aromatic rings. The van der Waals surface area contributed by atoms with Crippen molar-refractivity contribution < 1.29 is 14.4 Å². The van der Waals surface area contributed by atoms with E-state index in [0.717, 1.165) is 10.5 Å². The number of nitrogens with zero attached hydrogens (tertiary/aromatic N) is 1. The summed E-state index contributed by atoms with van der Waals surface area (Å²) < 4.78 is 0. The predicted octanol–water partition coefficient (Wildman–Crippen LogP) is 1.36. The van der Waals surface area contributed by atoms with Crippen LogP contribution in [0.4, 0.5) is 10.5 Å². The number of imide groups is 2. The van der Waals surface area contributed by atoms with Gasteiger partial charge in [0, 0.05) is 0 Å². The largest absolute Gasteiger partial charge is 0.335 e. The number of hydrogen-bond donors (Lipinski definition) is 1. The lowest BCUT2D eigenvalue weighted by molar-refractivity contribution is -0.136. The second-order valence-electron chi connectivity index (χ2n) is 4.77. The molecule has 1 saturated carbocycles. The molecule has 0 bridgehead atoms. The van der Waals surface area contributed by atoms with Crippen molar-refractivity contribution in [3.05, 3.63) is 29.8 Å². The molecule has 5 nitrogen and oxygen atoms in total. The molecule has 1 N–H and O–H groups in total. The Hall–Kier alpha value is -2.17. The van der Waals surface area contributed by atoms with Crippen molar-refractivity contribution in [2.24, 2.45) is 5.41 Å². The molecule has 2 fully saturated rings. The molecule has 1 aromatic carbocycles. The molecular weight excluding hydrogens is 232 g/mol. The minimum atomic E-state index is -0.990. The lowest BCUT2D eigenvalue weighted by atomic mass is 10.0. The zero-order chi connectivity index (χ0) is 12.9. The van der Waals surface area contributed by atoms with Crippen molar-refractivity contribution >= 4 is 23.5 Å². The van der Waals surface area contributed by atoms with Gasteiger partial charge in [-0.15, -0.1) is 0 Å². The van der Waals surface area contributed by atoms with E-state index in [-0.39, 0.29) is 0 Å². The number of barbiturate groups is 1. The van der Waals surface area contributed by atoms with Crippen LogP contribution >= 0.6 is 0 Å². The van der Waals surface area contributed by atoms with Gasteiger partial charge in [0.2, 0.25) is 5.91 Å². The minimum Gasteiger partial charge on any atom is -0.276 e. The molecule has 0 atom stereocenters. The lowest BCUT2D eigenvalue weighted by Gasteiger charge is -2.30. The number of anilines is 1. The average Bonchev–Trinajstić information content (AvgIpc) is 3.11. The maximum Gasteiger partial charge on any atom is 0.335 e. The Labute approximate surface area is 104 Å². The van der Waals surface area contributed by atoms with Gasteiger partial charge in [-0.2, -0.15) is 0 Å². The smallest absolute Gasteiger partial charge is 0.276 e. The molecule has 5 heteroatoms. The fraction of sp³-hybridized carbons (Fsp3) is 0.308. The number of nitrogens with one attached hydrogen (secondary N) is 1. The summed E-state index contributed by atoms with van der Waals surface area (Å²) >= 11 is 0. The van der Waals surface area contributed by atoms with Crippen molar-refractivity contribution in [2.45, 2.75) is 19.8 Å². The van der Waals surface area contributed by atoms with Crippen LogP contribution in [0.25, 0.3) is 0 Å². The summed E-state index contributed by atoms with van der Waals surface area (Å²) in [6, 6.07) is 6.48. The van der Waals surface area contributed by atoms with Gasteiger partial charge in [0.25, 0.3) is 5.91 Å². The van der Waals surface area contributed by atoms with Crippen molar-refractivity contribution in [1.29, 1.82) is 0 Å². The molecule has 0 aromatic heterocycles. The maximum absolute atomic E-state index is 12.3. The molecule has 1 spiro atoms. The highest BCUT2D eigenvalue weighted by Crippen LogP contribution is 2.49. The highest BCUT2D eigenvalue weighted by molar-refractivity contribution is 6.31. The van der Waals surface area contributed by atoms with E-state index in [9.17, 15) is 14.4 Å². The van der Waals surface area contributed by atoms with Crippen LogP contribution in [0.1, 0.15) is 18.4 Å². The van der Waals surface area contributed by atoms with Gasteiger partial charge in [-0.25, -0.2) is 9.69 Å². The number of carbonyl (C=O) groups is 3. The summed E-state index contributed by atoms with van der Waals surface area (Å²) in [4.78, 5) is 37.0. The van der Waals surface area contributed by atoms with Crippen molar-refractivity contribution in [3.63, 3.8) is 0 Å². The molecule has 2 aliphatic rings. The molecule has 1 heterocycles. The Balaban J connectivity index is 2.06. The Morgan fingerprint density at radius 1 is 1.17 bits per heavy atom. The normalized spacial score (nSPS) is 21.2. The fourth-order valence-electron chi connectivity index (χ4n) is 2.28. The zero-order valence-electron chi connectivity index (χ0n) is 9.90. The minimum absolute atomic E-state index is 0.398. The molecule has 0 radical (unpaired) electrons. The van der Waals surface area contributed by atoms with E-state index in [1.54, 1.807) is 12.1 Å². The maximum atomic E-state index is 12.3. The van der Waals surface area contributed by atoms with Crippen molar-refractivity contribution in [1.82, 2.24) is 5.32 Å². The van der Waals surface area contributed by atoms with Crippen LogP contribution < -0.4 is 10.2 Å². The fourth-order valence-corrected chi connectivity index (χ4v) is 2.28. The van der Waals surface area contributed by atoms with E-state index >= 15 is 0 Å². The SMILES string of the molecule is Cc1ccccc1N1C(=O)NC(=O)C2(CC2)C1=O. The predicted molar refractivity (Wildman–Crippen MR) is 63.9 cm³/mol. The van der Waals surface area contributed by atoms with Gasteiger partial charge in [-0.05, 0) is 31.4 Å². The van der Waals surface area contributed by atoms with Crippen LogP contribution in [0.5, 0.6) is 0 Å². The van der Waals surface area contributed by atoms with Crippen molar-refractivity contribution in [3.8, 4) is 0 Å². The first kappa shape index (κ1) is 11.0. The van der Waals surface area contributed by atoms with Gasteiger partial charge in [-0.3, -0.25) is 14.9 Å². The van der Waals surface area contributed by atoms with Crippen LogP contribution in [0.2, 0.25) is 0 Å². The van der Waals surface area contributed by atoms with E-state index in [1.165, 1.54) is 0 Å². The Kier molecular flexibility index (Phi) is 2.08. The quantitative estimate of drug-likeness (QED) is 0.758. The number of hydrogen-bond acceptors (Lipinski definition) is 3. The molecule has 3 rings (SSSR count). The van der Waals surface area contributed by atoms with Crippen LogP contribution in [0.3, 0.4) is 0 Å². The van der Waals surface area contributed by atoms with Gasteiger partial charge in [0.15, 0.2) is 0 Å². The first-order valence-corrected chi connectivity index (χ1v) is 5.82. The van der Waals surface area contributed by atoms with Crippen molar-refractivity contribution in [2.75, 3.05) is 4.90 Å². The number of amides is 4. The average molecular weight is 244 g/mol. The second-order valence-corrected chi connectivity index (χ2v) is 4.77. The molecule has 1 aliphatic heterocycles. The highest BCUT2D eigenvalue weighted by atomic mass is 16.2. The summed E-state index contributed by atoms with van der Waals surface area (Å²) in [5.41, 5.74) is 0.376. The van der Waals surface area contributed by atoms with Gasteiger partial charge < -0.3 is 0 Å². The van der Waals surface area contributed by atoms with Crippen LogP contribution in [0.15, 0.2) is 24.3 Å². The summed E-state index contributed by atoms with van der Waals surface area (Å²) in [5.74, 6) is -0.854. The van der Waals surface area contributed by atoms with E-state index in [2.05, 4.69) is 5.32 Å². The van der Waals surface area contributed by atoms with Gasteiger partial charge in [0.1, 0.15) is 5.41 Å². The molecule has 18 heavy (non-hydrogen) atoms. The van der Waals surface area contributed by atoms with Gasteiger partial charge >= 0.3 is 6.03 Å². The number of rotatable bonds is 1. The number of para-hydroxylation sites is 1. The highest BCUT2D eigenvalue weighted by Gasteiger charge is 2.62. The summed E-state index contributed by atoms with van der Waals surface area (Å²) in [6.45, 7) is 1.83.